The summed E-state index contributed by atoms with van der Waals surface area (Å²) in [5.74, 6) is 1.37. The van der Waals surface area contributed by atoms with E-state index in [1.807, 2.05) is 61.0 Å². The summed E-state index contributed by atoms with van der Waals surface area (Å²) < 4.78 is 3.53. The summed E-state index contributed by atoms with van der Waals surface area (Å²) in [5.41, 5.74) is 3.35. The number of hydrogen-bond acceptors (Lipinski definition) is 5. The van der Waals surface area contributed by atoms with E-state index in [0.29, 0.717) is 11.4 Å². The molecule has 0 amide bonds. The Bertz CT molecular complexity index is 1130. The molecule has 0 aliphatic rings. The van der Waals surface area contributed by atoms with Gasteiger partial charge in [-0.1, -0.05) is 48.2 Å². The largest absolute Gasteiger partial charge is 0.305 e. The van der Waals surface area contributed by atoms with Crippen molar-refractivity contribution in [1.82, 2.24) is 24.1 Å². The molecule has 0 unspecified atom stereocenters. The maximum atomic E-state index is 12.3. The molecule has 0 spiro atoms. The average molecular weight is 363 g/mol. The number of thioether (sulfide) groups is 1. The molecule has 1 aromatic carbocycles. The summed E-state index contributed by atoms with van der Waals surface area (Å²) >= 11 is 1.52. The van der Waals surface area contributed by atoms with Crippen LogP contribution in [0.4, 0.5) is 0 Å². The van der Waals surface area contributed by atoms with Crippen LogP contribution in [0.25, 0.3) is 17.0 Å². The molecule has 4 aromatic rings. The molecular weight excluding hydrogens is 346 g/mol. The van der Waals surface area contributed by atoms with Gasteiger partial charge in [-0.15, -0.1) is 10.2 Å². The van der Waals surface area contributed by atoms with E-state index in [-0.39, 0.29) is 5.56 Å². The molecular formula is C19H17N5OS. The van der Waals surface area contributed by atoms with Crippen LogP contribution in [0.1, 0.15) is 11.3 Å². The molecule has 26 heavy (non-hydrogen) atoms. The van der Waals surface area contributed by atoms with Gasteiger partial charge >= 0.3 is 0 Å². The van der Waals surface area contributed by atoms with Gasteiger partial charge < -0.3 is 4.57 Å². The fraction of sp³-hybridized carbons (Fsp3) is 0.158. The minimum atomic E-state index is -0.0720. The van der Waals surface area contributed by atoms with Gasteiger partial charge in [-0.3, -0.25) is 9.20 Å². The first kappa shape index (κ1) is 16.5. The minimum absolute atomic E-state index is 0.0720. The second kappa shape index (κ2) is 6.76. The number of fused-ring (bicyclic) bond motifs is 1. The smallest absolute Gasteiger partial charge is 0.258 e. The van der Waals surface area contributed by atoms with Gasteiger partial charge in [0, 0.05) is 30.6 Å². The Hall–Kier alpha value is -2.93. The highest BCUT2D eigenvalue weighted by Gasteiger charge is 2.12. The van der Waals surface area contributed by atoms with E-state index in [4.69, 9.17) is 0 Å². The normalized spacial score (nSPS) is 11.2. The summed E-state index contributed by atoms with van der Waals surface area (Å²) in [6.45, 7) is 1.95. The maximum absolute atomic E-state index is 12.3. The Balaban J connectivity index is 1.60. The zero-order chi connectivity index (χ0) is 18.1. The van der Waals surface area contributed by atoms with E-state index in [0.717, 1.165) is 27.8 Å². The first-order valence-electron chi connectivity index (χ1n) is 8.19. The van der Waals surface area contributed by atoms with Crippen LogP contribution in [-0.4, -0.2) is 24.1 Å². The standard InChI is InChI=1S/C19H17N5OS/c1-13-7-6-10-24-16(25)11-15(20-17(13)24)12-26-19-22-21-18(23(19)2)14-8-4-3-5-9-14/h3-11H,12H2,1-2H3. The molecule has 0 saturated heterocycles. The molecule has 3 aromatic heterocycles. The summed E-state index contributed by atoms with van der Waals surface area (Å²) in [6, 6.07) is 15.3. The zero-order valence-corrected chi connectivity index (χ0v) is 15.3. The van der Waals surface area contributed by atoms with Crippen molar-refractivity contribution in [2.75, 3.05) is 0 Å². The van der Waals surface area contributed by atoms with Crippen LogP contribution in [0.15, 0.2) is 64.7 Å². The molecule has 0 bridgehead atoms. The van der Waals surface area contributed by atoms with Gasteiger partial charge in [-0.25, -0.2) is 4.98 Å². The fourth-order valence-corrected chi connectivity index (χ4v) is 3.60. The van der Waals surface area contributed by atoms with E-state index < -0.39 is 0 Å². The molecule has 0 radical (unpaired) electrons. The number of aryl methyl sites for hydroxylation is 1. The monoisotopic (exact) mass is 363 g/mol. The van der Waals surface area contributed by atoms with Crippen molar-refractivity contribution >= 4 is 17.4 Å². The SMILES string of the molecule is Cc1cccn2c(=O)cc(CSc3nnc(-c4ccccc4)n3C)nc12. The summed E-state index contributed by atoms with van der Waals surface area (Å²) in [7, 11) is 1.94. The van der Waals surface area contributed by atoms with Gasteiger partial charge in [0.25, 0.3) is 5.56 Å². The van der Waals surface area contributed by atoms with Gasteiger partial charge in [-0.2, -0.15) is 0 Å². The average Bonchev–Trinajstić information content (AvgIpc) is 3.02. The van der Waals surface area contributed by atoms with Gasteiger partial charge in [-0.05, 0) is 18.6 Å². The van der Waals surface area contributed by atoms with Crippen molar-refractivity contribution in [2.24, 2.45) is 7.05 Å². The molecule has 0 aliphatic carbocycles. The molecule has 130 valence electrons. The van der Waals surface area contributed by atoms with Crippen LogP contribution in [-0.2, 0) is 12.8 Å². The van der Waals surface area contributed by atoms with E-state index in [1.54, 1.807) is 16.7 Å². The highest BCUT2D eigenvalue weighted by molar-refractivity contribution is 7.98. The third-order valence-corrected chi connectivity index (χ3v) is 5.21. The van der Waals surface area contributed by atoms with Crippen molar-refractivity contribution in [1.29, 1.82) is 0 Å². The van der Waals surface area contributed by atoms with Gasteiger partial charge in [0.1, 0.15) is 5.65 Å². The zero-order valence-electron chi connectivity index (χ0n) is 14.5. The van der Waals surface area contributed by atoms with Crippen molar-refractivity contribution < 1.29 is 0 Å². The Morgan fingerprint density at radius 2 is 1.88 bits per heavy atom. The van der Waals surface area contributed by atoms with E-state index in [1.165, 1.54) is 11.8 Å². The molecule has 6 nitrogen and oxygen atoms in total. The Labute approximate surface area is 154 Å². The van der Waals surface area contributed by atoms with Crippen LogP contribution in [0, 0.1) is 6.92 Å². The Morgan fingerprint density at radius 3 is 2.69 bits per heavy atom. The lowest BCUT2D eigenvalue weighted by Crippen LogP contribution is -2.15. The quantitative estimate of drug-likeness (QED) is 0.521. The van der Waals surface area contributed by atoms with Crippen LogP contribution in [0.2, 0.25) is 0 Å². The number of rotatable bonds is 4. The molecule has 0 atom stereocenters. The number of benzene rings is 1. The molecule has 7 heteroatoms. The Kier molecular flexibility index (Phi) is 4.30. The lowest BCUT2D eigenvalue weighted by atomic mass is 10.2. The van der Waals surface area contributed by atoms with Crippen molar-refractivity contribution in [3.8, 4) is 11.4 Å². The lowest BCUT2D eigenvalue weighted by molar-refractivity contribution is 0.793. The lowest BCUT2D eigenvalue weighted by Gasteiger charge is -2.06. The molecule has 0 saturated carbocycles. The second-order valence-electron chi connectivity index (χ2n) is 5.99. The summed E-state index contributed by atoms with van der Waals surface area (Å²) in [5, 5.41) is 9.35. The van der Waals surface area contributed by atoms with Crippen LogP contribution in [0.3, 0.4) is 0 Å². The van der Waals surface area contributed by atoms with Gasteiger partial charge in [0.15, 0.2) is 11.0 Å². The highest BCUT2D eigenvalue weighted by Crippen LogP contribution is 2.24. The number of nitrogens with zero attached hydrogens (tertiary/aromatic N) is 5. The highest BCUT2D eigenvalue weighted by atomic mass is 32.2. The first-order valence-corrected chi connectivity index (χ1v) is 9.17. The molecule has 3 heterocycles. The third-order valence-electron chi connectivity index (χ3n) is 4.16. The molecule has 0 fully saturated rings. The predicted molar refractivity (Wildman–Crippen MR) is 102 cm³/mol. The predicted octanol–water partition coefficient (Wildman–Crippen LogP) is 3.09. The van der Waals surface area contributed by atoms with Crippen molar-refractivity contribution in [2.45, 2.75) is 17.8 Å². The number of pyridine rings is 1. The van der Waals surface area contributed by atoms with Gasteiger partial charge in [0.2, 0.25) is 0 Å². The third kappa shape index (κ3) is 3.01. The first-order chi connectivity index (χ1) is 12.6. The minimum Gasteiger partial charge on any atom is -0.305 e. The molecule has 4 rings (SSSR count). The molecule has 0 aliphatic heterocycles. The number of aromatic nitrogens is 5. The second-order valence-corrected chi connectivity index (χ2v) is 6.93. The topological polar surface area (TPSA) is 65.1 Å². The summed E-state index contributed by atoms with van der Waals surface area (Å²) in [4.78, 5) is 16.9. The van der Waals surface area contributed by atoms with Crippen LogP contribution < -0.4 is 5.56 Å². The maximum Gasteiger partial charge on any atom is 0.258 e. The fourth-order valence-electron chi connectivity index (χ4n) is 2.80. The van der Waals surface area contributed by atoms with Crippen molar-refractivity contribution in [3.63, 3.8) is 0 Å². The number of hydrogen-bond donors (Lipinski definition) is 0. The van der Waals surface area contributed by atoms with E-state index in [2.05, 4.69) is 15.2 Å². The van der Waals surface area contributed by atoms with Crippen LogP contribution in [0.5, 0.6) is 0 Å². The van der Waals surface area contributed by atoms with E-state index in [9.17, 15) is 4.79 Å². The molecule has 0 N–H and O–H groups in total. The Morgan fingerprint density at radius 1 is 1.08 bits per heavy atom. The van der Waals surface area contributed by atoms with Crippen molar-refractivity contribution in [3.05, 3.63) is 76.3 Å². The van der Waals surface area contributed by atoms with E-state index >= 15 is 0 Å². The summed E-state index contributed by atoms with van der Waals surface area (Å²) in [6.07, 6.45) is 1.74. The van der Waals surface area contributed by atoms with Crippen LogP contribution >= 0.6 is 11.8 Å². The van der Waals surface area contributed by atoms with Gasteiger partial charge in [0.05, 0.1) is 5.69 Å².